The van der Waals surface area contributed by atoms with Gasteiger partial charge in [0, 0.05) is 12.8 Å². The van der Waals surface area contributed by atoms with Crippen molar-refractivity contribution in [3.8, 4) is 0 Å². The summed E-state index contributed by atoms with van der Waals surface area (Å²) in [5.74, 6) is 0.577. The van der Waals surface area contributed by atoms with Crippen LogP contribution in [0.15, 0.2) is 0 Å². The van der Waals surface area contributed by atoms with Crippen LogP contribution in [0.4, 0.5) is 0 Å². The summed E-state index contributed by atoms with van der Waals surface area (Å²) in [6.07, 6.45) is 2.86. The van der Waals surface area contributed by atoms with E-state index in [-0.39, 0.29) is 17.5 Å². The van der Waals surface area contributed by atoms with Crippen LogP contribution in [0.5, 0.6) is 0 Å². The highest BCUT2D eigenvalue weighted by Gasteiger charge is 2.30. The Morgan fingerprint density at radius 1 is 1.58 bits per heavy atom. The van der Waals surface area contributed by atoms with Gasteiger partial charge < -0.3 is 0 Å². The van der Waals surface area contributed by atoms with E-state index < -0.39 is 0 Å². The van der Waals surface area contributed by atoms with Crippen LogP contribution in [0, 0.1) is 11.8 Å². The van der Waals surface area contributed by atoms with Gasteiger partial charge in [0.15, 0.2) is 0 Å². The molecule has 0 amide bonds. The maximum absolute atomic E-state index is 11.3. The quantitative estimate of drug-likeness (QED) is 0.591. The summed E-state index contributed by atoms with van der Waals surface area (Å²) in [6.45, 7) is 3.94. The molecule has 1 saturated carbocycles. The predicted molar refractivity (Wildman–Crippen MR) is 46.8 cm³/mol. The van der Waals surface area contributed by atoms with Crippen molar-refractivity contribution in [2.75, 3.05) is 0 Å². The third-order valence-corrected chi connectivity index (χ3v) is 2.65. The number of carbonyl (C=O) groups excluding carboxylic acids is 2. The first-order valence-corrected chi connectivity index (χ1v) is 4.70. The summed E-state index contributed by atoms with van der Waals surface area (Å²) in [7, 11) is 0. The molecule has 2 atom stereocenters. The predicted octanol–water partition coefficient (Wildman–Crippen LogP) is 1.97. The monoisotopic (exact) mass is 168 g/mol. The second-order valence-corrected chi connectivity index (χ2v) is 3.72. The lowest BCUT2D eigenvalue weighted by Crippen LogP contribution is -2.29. The van der Waals surface area contributed by atoms with Crippen LogP contribution >= 0.6 is 0 Å². The summed E-state index contributed by atoms with van der Waals surface area (Å²) in [5.41, 5.74) is 0. The van der Waals surface area contributed by atoms with Crippen LogP contribution in [-0.4, -0.2) is 11.6 Å². The fourth-order valence-corrected chi connectivity index (χ4v) is 1.77. The first kappa shape index (κ1) is 9.43. The summed E-state index contributed by atoms with van der Waals surface area (Å²) < 4.78 is 0. The third-order valence-electron chi connectivity index (χ3n) is 2.65. The maximum Gasteiger partial charge on any atom is 0.143 e. The molecule has 0 aromatic rings. The van der Waals surface area contributed by atoms with Crippen molar-refractivity contribution < 1.29 is 9.59 Å². The van der Waals surface area contributed by atoms with Crippen molar-refractivity contribution >= 4 is 11.6 Å². The van der Waals surface area contributed by atoms with Gasteiger partial charge in [0.1, 0.15) is 11.6 Å². The summed E-state index contributed by atoms with van der Waals surface area (Å²) >= 11 is 0. The molecule has 2 heteroatoms. The Kier molecular flexibility index (Phi) is 3.01. The summed E-state index contributed by atoms with van der Waals surface area (Å²) in [5, 5.41) is 0. The summed E-state index contributed by atoms with van der Waals surface area (Å²) in [4.78, 5) is 22.6. The molecule has 12 heavy (non-hydrogen) atoms. The van der Waals surface area contributed by atoms with Gasteiger partial charge in [-0.2, -0.15) is 0 Å². The van der Waals surface area contributed by atoms with Gasteiger partial charge >= 0.3 is 0 Å². The molecule has 0 spiro atoms. The first-order chi connectivity index (χ1) is 5.65. The molecule has 68 valence electrons. The largest absolute Gasteiger partial charge is 0.299 e. The van der Waals surface area contributed by atoms with Gasteiger partial charge in [-0.15, -0.1) is 0 Å². The number of ketones is 2. The van der Waals surface area contributed by atoms with Crippen LogP contribution in [0.2, 0.25) is 0 Å². The van der Waals surface area contributed by atoms with Gasteiger partial charge in [-0.05, 0) is 18.8 Å². The van der Waals surface area contributed by atoms with Crippen LogP contribution < -0.4 is 0 Å². The van der Waals surface area contributed by atoms with Crippen LogP contribution in [0.3, 0.4) is 0 Å². The molecule has 0 radical (unpaired) electrons. The molecule has 0 aromatic heterocycles. The van der Waals surface area contributed by atoms with E-state index in [4.69, 9.17) is 0 Å². The zero-order valence-electron chi connectivity index (χ0n) is 7.80. The second-order valence-electron chi connectivity index (χ2n) is 3.72. The van der Waals surface area contributed by atoms with Crippen molar-refractivity contribution in [3.63, 3.8) is 0 Å². The molecule has 0 aliphatic heterocycles. The number of carbonyl (C=O) groups is 2. The van der Waals surface area contributed by atoms with Crippen LogP contribution in [-0.2, 0) is 9.59 Å². The normalized spacial score (nSPS) is 30.3. The molecule has 1 aliphatic carbocycles. The van der Waals surface area contributed by atoms with E-state index in [9.17, 15) is 9.59 Å². The van der Waals surface area contributed by atoms with Crippen molar-refractivity contribution in [3.05, 3.63) is 0 Å². The fourth-order valence-electron chi connectivity index (χ4n) is 1.77. The van der Waals surface area contributed by atoms with Gasteiger partial charge in [0.2, 0.25) is 0 Å². The lowest BCUT2D eigenvalue weighted by atomic mass is 9.79. The molecule has 2 unspecified atom stereocenters. The number of hydrogen-bond acceptors (Lipinski definition) is 2. The minimum Gasteiger partial charge on any atom is -0.299 e. The molecule has 0 N–H and O–H groups in total. The van der Waals surface area contributed by atoms with Crippen LogP contribution in [0.1, 0.15) is 39.5 Å². The maximum atomic E-state index is 11.3. The Morgan fingerprint density at radius 2 is 2.25 bits per heavy atom. The number of hydrogen-bond donors (Lipinski definition) is 0. The molecule has 0 aromatic carbocycles. The zero-order valence-corrected chi connectivity index (χ0v) is 7.80. The van der Waals surface area contributed by atoms with Crippen molar-refractivity contribution in [2.45, 2.75) is 39.5 Å². The topological polar surface area (TPSA) is 34.1 Å². The lowest BCUT2D eigenvalue weighted by Gasteiger charge is -2.23. The van der Waals surface area contributed by atoms with Gasteiger partial charge in [0.25, 0.3) is 0 Å². The van der Waals surface area contributed by atoms with Crippen LogP contribution in [0.25, 0.3) is 0 Å². The van der Waals surface area contributed by atoms with E-state index in [2.05, 4.69) is 6.92 Å². The Hall–Kier alpha value is -0.660. The molecule has 1 fully saturated rings. The lowest BCUT2D eigenvalue weighted by molar-refractivity contribution is -0.135. The van der Waals surface area contributed by atoms with E-state index in [0.717, 1.165) is 12.8 Å². The SMILES string of the molecule is CCC(=O)C1CC(C)CCC1=O. The first-order valence-electron chi connectivity index (χ1n) is 4.70. The molecule has 2 nitrogen and oxygen atoms in total. The van der Waals surface area contributed by atoms with Gasteiger partial charge in [-0.1, -0.05) is 13.8 Å². The Balaban J connectivity index is 2.60. The highest BCUT2D eigenvalue weighted by molar-refractivity contribution is 6.02. The average Bonchev–Trinajstić information content (AvgIpc) is 2.08. The molecule has 0 saturated heterocycles. The number of Topliss-reactive ketones (excluding diaryl/α,β-unsaturated/α-hetero) is 2. The Morgan fingerprint density at radius 3 is 2.83 bits per heavy atom. The van der Waals surface area contributed by atoms with Gasteiger partial charge in [-0.25, -0.2) is 0 Å². The van der Waals surface area contributed by atoms with Gasteiger partial charge in [0.05, 0.1) is 5.92 Å². The zero-order chi connectivity index (χ0) is 9.14. The van der Waals surface area contributed by atoms with Crippen molar-refractivity contribution in [1.82, 2.24) is 0 Å². The molecular weight excluding hydrogens is 152 g/mol. The molecule has 0 heterocycles. The van der Waals surface area contributed by atoms with E-state index >= 15 is 0 Å². The molecular formula is C10H16O2. The van der Waals surface area contributed by atoms with E-state index in [1.54, 1.807) is 0 Å². The minimum atomic E-state index is -0.265. The van der Waals surface area contributed by atoms with Crippen molar-refractivity contribution in [1.29, 1.82) is 0 Å². The average molecular weight is 168 g/mol. The van der Waals surface area contributed by atoms with Gasteiger partial charge in [-0.3, -0.25) is 9.59 Å². The number of rotatable bonds is 2. The Labute approximate surface area is 73.3 Å². The minimum absolute atomic E-state index is 0.131. The smallest absolute Gasteiger partial charge is 0.143 e. The third kappa shape index (κ3) is 1.93. The highest BCUT2D eigenvalue weighted by Crippen LogP contribution is 2.27. The van der Waals surface area contributed by atoms with E-state index in [1.807, 2.05) is 6.92 Å². The second kappa shape index (κ2) is 3.83. The fraction of sp³-hybridized carbons (Fsp3) is 0.800. The Bertz CT molecular complexity index is 188. The van der Waals surface area contributed by atoms with E-state index in [0.29, 0.717) is 18.8 Å². The molecule has 0 bridgehead atoms. The highest BCUT2D eigenvalue weighted by atomic mass is 16.1. The molecule has 1 aliphatic rings. The summed E-state index contributed by atoms with van der Waals surface area (Å²) in [6, 6.07) is 0. The van der Waals surface area contributed by atoms with Crippen molar-refractivity contribution in [2.24, 2.45) is 11.8 Å². The standard InChI is InChI=1S/C10H16O2/c1-3-9(11)8-6-7(2)4-5-10(8)12/h7-8H,3-6H2,1-2H3. The van der Waals surface area contributed by atoms with E-state index in [1.165, 1.54) is 0 Å². The molecule has 1 rings (SSSR count).